The van der Waals surface area contributed by atoms with Crippen LogP contribution in [0.1, 0.15) is 40.0 Å². The Bertz CT molecular complexity index is 349. The standard InChI is InChI=1S/C13H22N2O3S/c1-4-5-6-19-8-13(7-9(2)3)10(16)14-12(18)15-11(13)17/h9H,4-8H2,1-3H3,(H2,14,15,16,17,18). The fourth-order valence-electron chi connectivity index (χ4n) is 2.15. The monoisotopic (exact) mass is 286 g/mol. The van der Waals surface area contributed by atoms with E-state index in [1.54, 1.807) is 11.8 Å². The molecule has 0 aliphatic carbocycles. The number of amides is 4. The lowest BCUT2D eigenvalue weighted by molar-refractivity contribution is -0.143. The first-order valence-electron chi connectivity index (χ1n) is 6.67. The van der Waals surface area contributed by atoms with Gasteiger partial charge in [0.15, 0.2) is 0 Å². The van der Waals surface area contributed by atoms with Crippen LogP contribution in [-0.2, 0) is 9.59 Å². The molecule has 0 bridgehead atoms. The van der Waals surface area contributed by atoms with E-state index in [0.717, 1.165) is 18.6 Å². The zero-order valence-corrected chi connectivity index (χ0v) is 12.6. The van der Waals surface area contributed by atoms with E-state index in [4.69, 9.17) is 0 Å². The number of rotatable bonds is 7. The van der Waals surface area contributed by atoms with E-state index in [-0.39, 0.29) is 5.92 Å². The molecule has 0 saturated carbocycles. The van der Waals surface area contributed by atoms with Crippen molar-refractivity contribution in [3.8, 4) is 0 Å². The van der Waals surface area contributed by atoms with Crippen molar-refractivity contribution >= 4 is 29.6 Å². The van der Waals surface area contributed by atoms with Gasteiger partial charge in [-0.15, -0.1) is 0 Å². The summed E-state index contributed by atoms with van der Waals surface area (Å²) in [7, 11) is 0. The molecule has 1 aliphatic heterocycles. The van der Waals surface area contributed by atoms with Crippen molar-refractivity contribution in [2.24, 2.45) is 11.3 Å². The van der Waals surface area contributed by atoms with Gasteiger partial charge in [-0.05, 0) is 24.5 Å². The summed E-state index contributed by atoms with van der Waals surface area (Å²) in [6.07, 6.45) is 2.60. The maximum atomic E-state index is 12.1. The SMILES string of the molecule is CCCCSCC1(CC(C)C)C(=O)NC(=O)NC1=O. The Balaban J connectivity index is 2.82. The molecule has 0 atom stereocenters. The van der Waals surface area contributed by atoms with Crippen molar-refractivity contribution < 1.29 is 14.4 Å². The first-order valence-corrected chi connectivity index (χ1v) is 7.82. The number of hydrogen-bond donors (Lipinski definition) is 2. The van der Waals surface area contributed by atoms with Gasteiger partial charge in [-0.25, -0.2) is 4.79 Å². The van der Waals surface area contributed by atoms with E-state index in [2.05, 4.69) is 17.6 Å². The Labute approximate surface area is 118 Å². The molecule has 108 valence electrons. The van der Waals surface area contributed by atoms with E-state index in [0.29, 0.717) is 12.2 Å². The van der Waals surface area contributed by atoms with Gasteiger partial charge >= 0.3 is 6.03 Å². The van der Waals surface area contributed by atoms with Gasteiger partial charge in [-0.2, -0.15) is 11.8 Å². The highest BCUT2D eigenvalue weighted by atomic mass is 32.2. The van der Waals surface area contributed by atoms with Crippen LogP contribution in [0.25, 0.3) is 0 Å². The van der Waals surface area contributed by atoms with E-state index in [9.17, 15) is 14.4 Å². The molecule has 4 amide bonds. The van der Waals surface area contributed by atoms with E-state index in [1.807, 2.05) is 13.8 Å². The Morgan fingerprint density at radius 3 is 2.21 bits per heavy atom. The van der Waals surface area contributed by atoms with Crippen molar-refractivity contribution in [1.82, 2.24) is 10.6 Å². The van der Waals surface area contributed by atoms with Crippen LogP contribution in [0.3, 0.4) is 0 Å². The van der Waals surface area contributed by atoms with Gasteiger partial charge in [0, 0.05) is 5.75 Å². The number of carbonyl (C=O) groups excluding carboxylic acids is 3. The largest absolute Gasteiger partial charge is 0.328 e. The highest BCUT2D eigenvalue weighted by Crippen LogP contribution is 2.33. The number of carbonyl (C=O) groups is 3. The fraction of sp³-hybridized carbons (Fsp3) is 0.769. The normalized spacial score (nSPS) is 18.4. The molecule has 0 aromatic rings. The zero-order chi connectivity index (χ0) is 14.5. The molecular formula is C13H22N2O3S. The van der Waals surface area contributed by atoms with Gasteiger partial charge < -0.3 is 0 Å². The van der Waals surface area contributed by atoms with Crippen LogP contribution < -0.4 is 10.6 Å². The van der Waals surface area contributed by atoms with Crippen molar-refractivity contribution in [2.75, 3.05) is 11.5 Å². The second-order valence-electron chi connectivity index (χ2n) is 5.32. The molecule has 0 radical (unpaired) electrons. The Morgan fingerprint density at radius 1 is 1.16 bits per heavy atom. The molecule has 2 N–H and O–H groups in total. The van der Waals surface area contributed by atoms with Gasteiger partial charge in [0.05, 0.1) is 0 Å². The highest BCUT2D eigenvalue weighted by Gasteiger charge is 2.50. The third-order valence-electron chi connectivity index (χ3n) is 3.07. The molecule has 6 heteroatoms. The number of barbiturate groups is 1. The van der Waals surface area contributed by atoms with Crippen LogP contribution >= 0.6 is 11.8 Å². The van der Waals surface area contributed by atoms with Crippen LogP contribution in [0.5, 0.6) is 0 Å². The smallest absolute Gasteiger partial charge is 0.277 e. The lowest BCUT2D eigenvalue weighted by Crippen LogP contribution is -2.63. The minimum absolute atomic E-state index is 0.205. The van der Waals surface area contributed by atoms with Crippen molar-refractivity contribution in [3.05, 3.63) is 0 Å². The number of hydrogen-bond acceptors (Lipinski definition) is 4. The minimum atomic E-state index is -1.11. The van der Waals surface area contributed by atoms with Crippen molar-refractivity contribution in [1.29, 1.82) is 0 Å². The van der Waals surface area contributed by atoms with Crippen LogP contribution in [0.15, 0.2) is 0 Å². The summed E-state index contributed by atoms with van der Waals surface area (Å²) in [5.74, 6) is 0.635. The van der Waals surface area contributed by atoms with Crippen molar-refractivity contribution in [3.63, 3.8) is 0 Å². The maximum absolute atomic E-state index is 12.1. The van der Waals surface area contributed by atoms with Gasteiger partial charge in [-0.3, -0.25) is 20.2 Å². The second-order valence-corrected chi connectivity index (χ2v) is 6.43. The summed E-state index contributed by atoms with van der Waals surface area (Å²) in [5, 5.41) is 4.45. The molecule has 19 heavy (non-hydrogen) atoms. The molecular weight excluding hydrogens is 264 g/mol. The van der Waals surface area contributed by atoms with E-state index in [1.165, 1.54) is 0 Å². The quantitative estimate of drug-likeness (QED) is 0.554. The predicted molar refractivity (Wildman–Crippen MR) is 75.8 cm³/mol. The summed E-state index contributed by atoms with van der Waals surface area (Å²) in [5.41, 5.74) is -1.11. The molecule has 1 heterocycles. The summed E-state index contributed by atoms with van der Waals surface area (Å²) >= 11 is 1.60. The number of imide groups is 2. The molecule has 0 spiro atoms. The number of thioether (sulfide) groups is 1. The van der Waals surface area contributed by atoms with E-state index < -0.39 is 23.3 Å². The zero-order valence-electron chi connectivity index (χ0n) is 11.7. The fourth-order valence-corrected chi connectivity index (χ4v) is 3.51. The number of nitrogens with one attached hydrogen (secondary N) is 2. The Kier molecular flexibility index (Phi) is 5.85. The summed E-state index contributed by atoms with van der Waals surface area (Å²) in [4.78, 5) is 35.4. The summed E-state index contributed by atoms with van der Waals surface area (Å²) in [6.45, 7) is 6.04. The minimum Gasteiger partial charge on any atom is -0.277 e. The molecule has 1 rings (SSSR count). The number of unbranched alkanes of at least 4 members (excludes halogenated alkanes) is 1. The van der Waals surface area contributed by atoms with Crippen LogP contribution in [-0.4, -0.2) is 29.4 Å². The van der Waals surface area contributed by atoms with Gasteiger partial charge in [0.1, 0.15) is 5.41 Å². The third-order valence-corrected chi connectivity index (χ3v) is 4.35. The van der Waals surface area contributed by atoms with Crippen molar-refractivity contribution in [2.45, 2.75) is 40.0 Å². The first kappa shape index (κ1) is 16.0. The molecule has 1 saturated heterocycles. The summed E-state index contributed by atoms with van der Waals surface area (Å²) in [6, 6.07) is -0.715. The Hall–Kier alpha value is -1.04. The molecule has 1 fully saturated rings. The lowest BCUT2D eigenvalue weighted by atomic mass is 9.79. The molecule has 1 aliphatic rings. The van der Waals surface area contributed by atoms with Gasteiger partial charge in [0.2, 0.25) is 11.8 Å². The number of urea groups is 1. The first-order chi connectivity index (χ1) is 8.92. The maximum Gasteiger partial charge on any atom is 0.328 e. The molecule has 0 unspecified atom stereocenters. The second kappa shape index (κ2) is 6.93. The van der Waals surface area contributed by atoms with Gasteiger partial charge in [-0.1, -0.05) is 27.2 Å². The lowest BCUT2D eigenvalue weighted by Gasteiger charge is -2.34. The Morgan fingerprint density at radius 2 is 1.74 bits per heavy atom. The van der Waals surface area contributed by atoms with Crippen LogP contribution in [0.4, 0.5) is 4.79 Å². The predicted octanol–water partition coefficient (Wildman–Crippen LogP) is 1.92. The summed E-state index contributed by atoms with van der Waals surface area (Å²) < 4.78 is 0. The third kappa shape index (κ3) is 3.96. The van der Waals surface area contributed by atoms with Crippen LogP contribution in [0.2, 0.25) is 0 Å². The van der Waals surface area contributed by atoms with E-state index >= 15 is 0 Å². The van der Waals surface area contributed by atoms with Gasteiger partial charge in [0.25, 0.3) is 0 Å². The average Bonchev–Trinajstić information content (AvgIpc) is 2.30. The average molecular weight is 286 g/mol. The van der Waals surface area contributed by atoms with Crippen LogP contribution in [0, 0.1) is 11.3 Å². The molecule has 0 aromatic carbocycles. The topological polar surface area (TPSA) is 75.3 Å². The molecule has 5 nitrogen and oxygen atoms in total. The highest BCUT2D eigenvalue weighted by molar-refractivity contribution is 7.99. The molecule has 0 aromatic heterocycles.